The third-order valence-electron chi connectivity index (χ3n) is 4.66. The standard InChI is InChI=1S/C15H24N4O2/c1-10-15(11(2)18(3)17-10)21-9-14(20)19-7-6-12-4-5-13(8-19)16-12/h12-13,16H,4-9H2,1-3H3. The number of hydrogen-bond acceptors (Lipinski definition) is 4. The van der Waals surface area contributed by atoms with Crippen LogP contribution in [0.4, 0.5) is 0 Å². The van der Waals surface area contributed by atoms with Crippen LogP contribution in [0.25, 0.3) is 0 Å². The minimum absolute atomic E-state index is 0.0759. The van der Waals surface area contributed by atoms with Gasteiger partial charge in [-0.05, 0) is 33.1 Å². The molecule has 2 bridgehead atoms. The highest BCUT2D eigenvalue weighted by molar-refractivity contribution is 5.78. The average Bonchev–Trinajstić information content (AvgIpc) is 2.88. The van der Waals surface area contributed by atoms with E-state index in [-0.39, 0.29) is 12.5 Å². The number of ether oxygens (including phenoxy) is 1. The van der Waals surface area contributed by atoms with Crippen LogP contribution in [0, 0.1) is 13.8 Å². The van der Waals surface area contributed by atoms with E-state index in [4.69, 9.17) is 4.74 Å². The monoisotopic (exact) mass is 292 g/mol. The summed E-state index contributed by atoms with van der Waals surface area (Å²) < 4.78 is 7.51. The van der Waals surface area contributed by atoms with Crippen molar-refractivity contribution in [3.63, 3.8) is 0 Å². The lowest BCUT2D eigenvalue weighted by atomic mass is 10.1. The second-order valence-electron chi connectivity index (χ2n) is 6.18. The molecule has 2 unspecified atom stereocenters. The van der Waals surface area contributed by atoms with Gasteiger partial charge in [0.15, 0.2) is 12.4 Å². The van der Waals surface area contributed by atoms with E-state index >= 15 is 0 Å². The SMILES string of the molecule is Cc1nn(C)c(C)c1OCC(=O)N1CCC2CCC(C1)N2. The van der Waals surface area contributed by atoms with Crippen molar-refractivity contribution in [1.82, 2.24) is 20.0 Å². The van der Waals surface area contributed by atoms with E-state index in [1.807, 2.05) is 25.8 Å². The average molecular weight is 292 g/mol. The van der Waals surface area contributed by atoms with Gasteiger partial charge in [-0.3, -0.25) is 9.48 Å². The van der Waals surface area contributed by atoms with E-state index in [0.717, 1.165) is 36.6 Å². The molecule has 0 aromatic carbocycles. The highest BCUT2D eigenvalue weighted by Gasteiger charge is 2.31. The summed E-state index contributed by atoms with van der Waals surface area (Å²) in [6.45, 7) is 5.60. The van der Waals surface area contributed by atoms with Gasteiger partial charge in [0, 0.05) is 32.2 Å². The van der Waals surface area contributed by atoms with Gasteiger partial charge in [0.05, 0.1) is 5.69 Å². The molecule has 2 fully saturated rings. The van der Waals surface area contributed by atoms with Crippen molar-refractivity contribution in [3.05, 3.63) is 11.4 Å². The molecule has 116 valence electrons. The fourth-order valence-electron chi connectivity index (χ4n) is 3.36. The zero-order chi connectivity index (χ0) is 15.0. The summed E-state index contributed by atoms with van der Waals surface area (Å²) in [5.41, 5.74) is 1.79. The van der Waals surface area contributed by atoms with Gasteiger partial charge >= 0.3 is 0 Å². The van der Waals surface area contributed by atoms with Crippen LogP contribution in [0.1, 0.15) is 30.7 Å². The van der Waals surface area contributed by atoms with Crippen molar-refractivity contribution < 1.29 is 9.53 Å². The smallest absolute Gasteiger partial charge is 0.260 e. The molecule has 2 aliphatic rings. The molecule has 0 spiro atoms. The van der Waals surface area contributed by atoms with Crippen LogP contribution in [-0.2, 0) is 11.8 Å². The fraction of sp³-hybridized carbons (Fsp3) is 0.733. The highest BCUT2D eigenvalue weighted by atomic mass is 16.5. The predicted octanol–water partition coefficient (Wildman–Crippen LogP) is 0.769. The van der Waals surface area contributed by atoms with Gasteiger partial charge in [0.2, 0.25) is 0 Å². The fourth-order valence-corrected chi connectivity index (χ4v) is 3.36. The Bertz CT molecular complexity index is 540. The first-order valence-electron chi connectivity index (χ1n) is 7.71. The molecule has 0 aliphatic carbocycles. The molecule has 1 aromatic heterocycles. The molecule has 3 rings (SSSR count). The Balaban J connectivity index is 1.59. The Labute approximate surface area is 125 Å². The number of carbonyl (C=O) groups is 1. The zero-order valence-electron chi connectivity index (χ0n) is 13.1. The van der Waals surface area contributed by atoms with Gasteiger partial charge in [0.1, 0.15) is 5.69 Å². The van der Waals surface area contributed by atoms with Crippen molar-refractivity contribution in [3.8, 4) is 5.75 Å². The number of aryl methyl sites for hydroxylation is 2. The summed E-state index contributed by atoms with van der Waals surface area (Å²) in [5, 5.41) is 7.89. The van der Waals surface area contributed by atoms with Crippen LogP contribution in [0.5, 0.6) is 5.75 Å². The number of hydrogen-bond donors (Lipinski definition) is 1. The first-order chi connectivity index (χ1) is 10.0. The maximum absolute atomic E-state index is 12.4. The van der Waals surface area contributed by atoms with Crippen LogP contribution in [0.15, 0.2) is 0 Å². The number of carbonyl (C=O) groups excluding carboxylic acids is 1. The molecule has 6 heteroatoms. The number of rotatable bonds is 3. The number of aromatic nitrogens is 2. The van der Waals surface area contributed by atoms with Crippen molar-refractivity contribution in [2.75, 3.05) is 19.7 Å². The van der Waals surface area contributed by atoms with E-state index in [9.17, 15) is 4.79 Å². The normalized spacial score (nSPS) is 25.0. The van der Waals surface area contributed by atoms with Crippen LogP contribution >= 0.6 is 0 Å². The van der Waals surface area contributed by atoms with Gasteiger partial charge in [0.25, 0.3) is 5.91 Å². The van der Waals surface area contributed by atoms with E-state index in [1.165, 1.54) is 12.8 Å². The summed E-state index contributed by atoms with van der Waals surface area (Å²) in [4.78, 5) is 14.3. The molecular formula is C15H24N4O2. The molecule has 1 aromatic rings. The Hall–Kier alpha value is -1.56. The largest absolute Gasteiger partial charge is 0.480 e. The van der Waals surface area contributed by atoms with Gasteiger partial charge in [-0.25, -0.2) is 0 Å². The summed E-state index contributed by atoms with van der Waals surface area (Å²) >= 11 is 0. The van der Waals surface area contributed by atoms with Crippen molar-refractivity contribution in [1.29, 1.82) is 0 Å². The molecule has 2 atom stereocenters. The Morgan fingerprint density at radius 3 is 2.81 bits per heavy atom. The minimum Gasteiger partial charge on any atom is -0.480 e. The van der Waals surface area contributed by atoms with Crippen LogP contribution in [-0.4, -0.2) is 52.4 Å². The topological polar surface area (TPSA) is 59.4 Å². The third kappa shape index (κ3) is 2.90. The molecule has 2 saturated heterocycles. The lowest BCUT2D eigenvalue weighted by molar-refractivity contribution is -0.133. The van der Waals surface area contributed by atoms with Crippen LogP contribution in [0.3, 0.4) is 0 Å². The molecule has 3 heterocycles. The summed E-state index contributed by atoms with van der Waals surface area (Å²) in [5.74, 6) is 0.812. The zero-order valence-corrected chi connectivity index (χ0v) is 13.1. The molecule has 21 heavy (non-hydrogen) atoms. The highest BCUT2D eigenvalue weighted by Crippen LogP contribution is 2.23. The molecule has 1 amide bonds. The quantitative estimate of drug-likeness (QED) is 0.894. The Morgan fingerprint density at radius 2 is 2.10 bits per heavy atom. The lowest BCUT2D eigenvalue weighted by Gasteiger charge is -2.24. The number of nitrogens with one attached hydrogen (secondary N) is 1. The van der Waals surface area contributed by atoms with E-state index in [0.29, 0.717) is 12.1 Å². The van der Waals surface area contributed by atoms with Gasteiger partial charge in [-0.2, -0.15) is 5.10 Å². The van der Waals surface area contributed by atoms with Crippen molar-refractivity contribution in [2.24, 2.45) is 7.05 Å². The molecule has 6 nitrogen and oxygen atoms in total. The second kappa shape index (κ2) is 5.67. The van der Waals surface area contributed by atoms with E-state index in [2.05, 4.69) is 10.4 Å². The second-order valence-corrected chi connectivity index (χ2v) is 6.18. The van der Waals surface area contributed by atoms with Gasteiger partial charge in [-0.1, -0.05) is 0 Å². The predicted molar refractivity (Wildman–Crippen MR) is 79.3 cm³/mol. The first-order valence-corrected chi connectivity index (χ1v) is 7.71. The number of amides is 1. The molecular weight excluding hydrogens is 268 g/mol. The van der Waals surface area contributed by atoms with E-state index in [1.54, 1.807) is 4.68 Å². The van der Waals surface area contributed by atoms with Crippen molar-refractivity contribution in [2.45, 2.75) is 45.2 Å². The molecule has 0 saturated carbocycles. The van der Waals surface area contributed by atoms with Crippen LogP contribution < -0.4 is 10.1 Å². The number of likely N-dealkylation sites (tertiary alicyclic amines) is 1. The summed E-state index contributed by atoms with van der Waals surface area (Å²) in [6.07, 6.45) is 3.47. The van der Waals surface area contributed by atoms with E-state index < -0.39 is 0 Å². The van der Waals surface area contributed by atoms with Crippen molar-refractivity contribution >= 4 is 5.91 Å². The third-order valence-corrected chi connectivity index (χ3v) is 4.66. The maximum Gasteiger partial charge on any atom is 0.260 e. The van der Waals surface area contributed by atoms with Gasteiger partial charge < -0.3 is 15.0 Å². The summed E-state index contributed by atoms with van der Waals surface area (Å²) in [6, 6.07) is 1.06. The van der Waals surface area contributed by atoms with Gasteiger partial charge in [-0.15, -0.1) is 0 Å². The molecule has 0 radical (unpaired) electrons. The van der Waals surface area contributed by atoms with Crippen LogP contribution in [0.2, 0.25) is 0 Å². The Kier molecular flexibility index (Phi) is 3.89. The Morgan fingerprint density at radius 1 is 1.33 bits per heavy atom. The summed E-state index contributed by atoms with van der Waals surface area (Å²) in [7, 11) is 1.88. The number of nitrogens with zero attached hydrogens (tertiary/aromatic N) is 3. The minimum atomic E-state index is 0.0759. The first kappa shape index (κ1) is 14.4. The lowest BCUT2D eigenvalue weighted by Crippen LogP contribution is -2.41. The molecule has 1 N–H and O–H groups in total. The molecule has 2 aliphatic heterocycles. The number of fused-ring (bicyclic) bond motifs is 2. The maximum atomic E-state index is 12.4.